The monoisotopic (exact) mass is 402 g/mol. The molecule has 4 nitrogen and oxygen atoms in total. The fourth-order valence-electron chi connectivity index (χ4n) is 5.16. The molecule has 1 fully saturated rings. The van der Waals surface area contributed by atoms with Gasteiger partial charge in [0.1, 0.15) is 0 Å². The molecule has 0 spiro atoms. The predicted octanol–water partition coefficient (Wildman–Crippen LogP) is 5.08. The molecule has 28 heavy (non-hydrogen) atoms. The maximum absolute atomic E-state index is 10.4. The summed E-state index contributed by atoms with van der Waals surface area (Å²) in [4.78, 5) is 0. The highest BCUT2D eigenvalue weighted by molar-refractivity contribution is 6.84. The van der Waals surface area contributed by atoms with Crippen molar-refractivity contribution < 1.29 is 19.3 Å². The average Bonchev–Trinajstić information content (AvgIpc) is 2.94. The topological polar surface area (TPSA) is 47.9 Å². The number of aliphatic hydroxyl groups excluding tert-OH is 1. The number of aliphatic hydroxyl groups is 1. The SMILES string of the molecule is C=C1C(c2cc(OC)c(OC)c(OC)c2)=C([Si](C)(C)C)C[C@@]2(C)C[C@@H](O)C[C@H]12. The molecule has 0 amide bonds. The number of hydrogen-bond acceptors (Lipinski definition) is 4. The Morgan fingerprint density at radius 3 is 2.11 bits per heavy atom. The number of hydrogen-bond donors (Lipinski definition) is 1. The minimum atomic E-state index is -1.63. The molecule has 0 unspecified atom stereocenters. The van der Waals surface area contributed by atoms with Gasteiger partial charge in [-0.05, 0) is 59.4 Å². The van der Waals surface area contributed by atoms with Crippen LogP contribution < -0.4 is 14.2 Å². The van der Waals surface area contributed by atoms with Crippen molar-refractivity contribution in [1.82, 2.24) is 0 Å². The van der Waals surface area contributed by atoms with Gasteiger partial charge in [-0.25, -0.2) is 0 Å². The maximum atomic E-state index is 10.4. The Balaban J connectivity index is 2.25. The molecule has 0 heterocycles. The summed E-state index contributed by atoms with van der Waals surface area (Å²) in [5.74, 6) is 2.22. The number of allylic oxidation sites excluding steroid dienone is 3. The highest BCUT2D eigenvalue weighted by atomic mass is 28.3. The van der Waals surface area contributed by atoms with E-state index in [0.29, 0.717) is 23.2 Å². The summed E-state index contributed by atoms with van der Waals surface area (Å²) in [5, 5.41) is 11.9. The van der Waals surface area contributed by atoms with E-state index in [0.717, 1.165) is 30.4 Å². The van der Waals surface area contributed by atoms with Crippen LogP contribution in [0.5, 0.6) is 17.2 Å². The van der Waals surface area contributed by atoms with Crippen molar-refractivity contribution in [1.29, 1.82) is 0 Å². The van der Waals surface area contributed by atoms with Crippen molar-refractivity contribution in [2.24, 2.45) is 11.3 Å². The van der Waals surface area contributed by atoms with Crippen LogP contribution in [0.2, 0.25) is 19.6 Å². The molecule has 1 aromatic rings. The number of benzene rings is 1. The number of rotatable bonds is 5. The summed E-state index contributed by atoms with van der Waals surface area (Å²) in [6.45, 7) is 14.1. The van der Waals surface area contributed by atoms with Gasteiger partial charge >= 0.3 is 0 Å². The fraction of sp³-hybridized carbons (Fsp3) is 0.565. The molecular weight excluding hydrogens is 368 g/mol. The summed E-state index contributed by atoms with van der Waals surface area (Å²) in [5.41, 5.74) is 3.56. The van der Waals surface area contributed by atoms with Crippen LogP contribution in [-0.2, 0) is 0 Å². The third-order valence-corrected chi connectivity index (χ3v) is 8.77. The second-order valence-electron chi connectivity index (χ2n) is 9.52. The van der Waals surface area contributed by atoms with Crippen molar-refractivity contribution in [2.45, 2.75) is 51.9 Å². The van der Waals surface area contributed by atoms with E-state index in [4.69, 9.17) is 14.2 Å². The Bertz CT molecular complexity index is 795. The van der Waals surface area contributed by atoms with Gasteiger partial charge in [0, 0.05) is 0 Å². The van der Waals surface area contributed by atoms with Crippen molar-refractivity contribution in [3.63, 3.8) is 0 Å². The molecule has 2 aliphatic carbocycles. The minimum absolute atomic E-state index is 0.0935. The van der Waals surface area contributed by atoms with Crippen molar-refractivity contribution in [2.75, 3.05) is 21.3 Å². The lowest BCUT2D eigenvalue weighted by Crippen LogP contribution is -2.37. The standard InChI is InChI=1S/C23H34O4Si/c1-14-17-11-16(24)12-23(17,2)13-20(28(6,7)8)21(14)15-9-18(25-3)22(27-5)19(10-15)26-4/h9-10,16-17,24H,1,11-13H2,2-8H3/t16-,17+,23+/m0/s1. The van der Waals surface area contributed by atoms with Crippen LogP contribution >= 0.6 is 0 Å². The smallest absolute Gasteiger partial charge is 0.203 e. The summed E-state index contributed by atoms with van der Waals surface area (Å²) >= 11 is 0. The average molecular weight is 403 g/mol. The quantitative estimate of drug-likeness (QED) is 0.698. The van der Waals surface area contributed by atoms with E-state index in [1.54, 1.807) is 21.3 Å². The molecule has 0 aliphatic heterocycles. The van der Waals surface area contributed by atoms with Crippen molar-refractivity contribution in [3.8, 4) is 17.2 Å². The van der Waals surface area contributed by atoms with Crippen LogP contribution in [0.4, 0.5) is 0 Å². The highest BCUT2D eigenvalue weighted by Gasteiger charge is 2.50. The van der Waals surface area contributed by atoms with Crippen molar-refractivity contribution in [3.05, 3.63) is 35.0 Å². The molecule has 0 radical (unpaired) electrons. The van der Waals surface area contributed by atoms with Crippen LogP contribution in [0.3, 0.4) is 0 Å². The summed E-state index contributed by atoms with van der Waals surface area (Å²) in [6, 6.07) is 4.08. The first-order valence-corrected chi connectivity index (χ1v) is 13.5. The molecule has 154 valence electrons. The molecular formula is C23H34O4Si. The van der Waals surface area contributed by atoms with Gasteiger partial charge in [0.15, 0.2) is 11.5 Å². The van der Waals surface area contributed by atoms with Gasteiger partial charge in [0.25, 0.3) is 0 Å². The first-order chi connectivity index (χ1) is 13.1. The van der Waals surface area contributed by atoms with Gasteiger partial charge < -0.3 is 19.3 Å². The molecule has 2 aliphatic rings. The zero-order valence-corrected chi connectivity index (χ0v) is 19.3. The van der Waals surface area contributed by atoms with Gasteiger partial charge in [0.2, 0.25) is 5.75 Å². The van der Waals surface area contributed by atoms with Gasteiger partial charge in [-0.3, -0.25) is 0 Å². The van der Waals surface area contributed by atoms with E-state index in [1.807, 2.05) is 12.1 Å². The van der Waals surface area contributed by atoms with Crippen LogP contribution in [0.25, 0.3) is 5.57 Å². The number of ether oxygens (including phenoxy) is 3. The van der Waals surface area contributed by atoms with E-state index in [9.17, 15) is 5.11 Å². The van der Waals surface area contributed by atoms with Gasteiger partial charge in [0.05, 0.1) is 35.5 Å². The molecule has 1 saturated carbocycles. The third-order valence-electron chi connectivity index (χ3n) is 6.53. The van der Waals surface area contributed by atoms with Gasteiger partial charge in [-0.2, -0.15) is 0 Å². The Hall–Kier alpha value is -1.72. The molecule has 1 N–H and O–H groups in total. The minimum Gasteiger partial charge on any atom is -0.493 e. The summed E-state index contributed by atoms with van der Waals surface area (Å²) in [7, 11) is 3.29. The van der Waals surface area contributed by atoms with Crippen LogP contribution in [0.1, 0.15) is 31.7 Å². The molecule has 0 saturated heterocycles. The Kier molecular flexibility index (Phi) is 5.45. The zero-order valence-electron chi connectivity index (χ0n) is 18.3. The van der Waals surface area contributed by atoms with Crippen LogP contribution in [0.15, 0.2) is 29.5 Å². The Morgan fingerprint density at radius 2 is 1.64 bits per heavy atom. The second-order valence-corrected chi connectivity index (χ2v) is 14.6. The van der Waals surface area contributed by atoms with Gasteiger partial charge in [-0.15, -0.1) is 0 Å². The normalized spacial score (nSPS) is 27.6. The molecule has 3 rings (SSSR count). The van der Waals surface area contributed by atoms with E-state index in [-0.39, 0.29) is 11.5 Å². The van der Waals surface area contributed by atoms with E-state index < -0.39 is 8.07 Å². The first kappa shape index (κ1) is 21.0. The maximum Gasteiger partial charge on any atom is 0.203 e. The van der Waals surface area contributed by atoms with Crippen LogP contribution in [0, 0.1) is 11.3 Å². The number of fused-ring (bicyclic) bond motifs is 1. The lowest BCUT2D eigenvalue weighted by molar-refractivity contribution is 0.163. The summed E-state index contributed by atoms with van der Waals surface area (Å²) < 4.78 is 16.7. The molecule has 0 aromatic heterocycles. The Labute approximate surface area is 170 Å². The Morgan fingerprint density at radius 1 is 1.07 bits per heavy atom. The highest BCUT2D eigenvalue weighted by Crippen LogP contribution is 2.59. The molecule has 1 aromatic carbocycles. The molecule has 0 bridgehead atoms. The van der Waals surface area contributed by atoms with Crippen LogP contribution in [-0.4, -0.2) is 40.6 Å². The summed E-state index contributed by atoms with van der Waals surface area (Å²) in [6.07, 6.45) is 2.43. The van der Waals surface area contributed by atoms with E-state index in [1.165, 1.54) is 10.8 Å². The lowest BCUT2D eigenvalue weighted by Gasteiger charge is -2.44. The molecule has 5 heteroatoms. The third kappa shape index (κ3) is 3.39. The molecule has 3 atom stereocenters. The second kappa shape index (κ2) is 7.27. The zero-order chi connectivity index (χ0) is 20.9. The lowest BCUT2D eigenvalue weighted by atomic mass is 9.67. The van der Waals surface area contributed by atoms with E-state index in [2.05, 4.69) is 33.1 Å². The number of methoxy groups -OCH3 is 3. The largest absolute Gasteiger partial charge is 0.493 e. The van der Waals surface area contributed by atoms with E-state index >= 15 is 0 Å². The predicted molar refractivity (Wildman–Crippen MR) is 117 cm³/mol. The van der Waals surface area contributed by atoms with Crippen molar-refractivity contribution >= 4 is 13.6 Å². The van der Waals surface area contributed by atoms with Gasteiger partial charge in [-0.1, -0.05) is 38.3 Å². The first-order valence-electron chi connectivity index (χ1n) is 9.97. The fourth-order valence-corrected chi connectivity index (χ4v) is 7.15.